The molecule has 0 aromatic carbocycles. The largest absolute Gasteiger partial charge is 0.271 e. The summed E-state index contributed by atoms with van der Waals surface area (Å²) in [7, 11) is 0. The fourth-order valence-corrected chi connectivity index (χ4v) is 1.67. The number of nitrogens with two attached hydrogens (primary N) is 1. The van der Waals surface area contributed by atoms with Crippen molar-refractivity contribution in [2.24, 2.45) is 5.84 Å². The Morgan fingerprint density at radius 2 is 1.75 bits per heavy atom. The molecule has 0 radical (unpaired) electrons. The SMILES string of the molecule is C=C(C)C(CCC)(CCC)NN. The van der Waals surface area contributed by atoms with Crippen molar-refractivity contribution in [1.29, 1.82) is 0 Å². The van der Waals surface area contributed by atoms with Crippen LogP contribution in [0.3, 0.4) is 0 Å². The third kappa shape index (κ3) is 2.61. The molecule has 12 heavy (non-hydrogen) atoms. The second-order valence-corrected chi connectivity index (χ2v) is 3.51. The van der Waals surface area contributed by atoms with Gasteiger partial charge in [-0.3, -0.25) is 11.3 Å². The average molecular weight is 170 g/mol. The van der Waals surface area contributed by atoms with Crippen LogP contribution in [-0.2, 0) is 0 Å². The molecule has 0 aliphatic carbocycles. The molecule has 0 aliphatic rings. The van der Waals surface area contributed by atoms with Crippen molar-refractivity contribution in [2.45, 2.75) is 52.0 Å². The van der Waals surface area contributed by atoms with Crippen LogP contribution in [0.4, 0.5) is 0 Å². The van der Waals surface area contributed by atoms with E-state index in [1.165, 1.54) is 0 Å². The van der Waals surface area contributed by atoms with Crippen LogP contribution in [0.15, 0.2) is 12.2 Å². The molecular weight excluding hydrogens is 148 g/mol. The van der Waals surface area contributed by atoms with Gasteiger partial charge in [0.25, 0.3) is 0 Å². The second kappa shape index (κ2) is 5.33. The van der Waals surface area contributed by atoms with Crippen LogP contribution in [0.5, 0.6) is 0 Å². The summed E-state index contributed by atoms with van der Waals surface area (Å²) in [5, 5.41) is 0. The van der Waals surface area contributed by atoms with E-state index in [2.05, 4.69) is 25.9 Å². The lowest BCUT2D eigenvalue weighted by molar-refractivity contribution is 0.331. The second-order valence-electron chi connectivity index (χ2n) is 3.51. The first-order valence-electron chi connectivity index (χ1n) is 4.76. The lowest BCUT2D eigenvalue weighted by Crippen LogP contribution is -2.49. The van der Waals surface area contributed by atoms with Gasteiger partial charge in [0.15, 0.2) is 0 Å². The Morgan fingerprint density at radius 1 is 1.33 bits per heavy atom. The molecule has 0 bridgehead atoms. The van der Waals surface area contributed by atoms with Gasteiger partial charge in [-0.05, 0) is 19.8 Å². The maximum absolute atomic E-state index is 5.57. The zero-order valence-corrected chi connectivity index (χ0v) is 8.61. The average Bonchev–Trinajstić information content (AvgIpc) is 2.03. The van der Waals surface area contributed by atoms with Gasteiger partial charge in [-0.1, -0.05) is 38.8 Å². The van der Waals surface area contributed by atoms with Crippen LogP contribution in [0, 0.1) is 0 Å². The molecule has 0 aliphatic heterocycles. The zero-order valence-electron chi connectivity index (χ0n) is 8.61. The van der Waals surface area contributed by atoms with Gasteiger partial charge in [-0.25, -0.2) is 0 Å². The van der Waals surface area contributed by atoms with E-state index in [9.17, 15) is 0 Å². The maximum Gasteiger partial charge on any atom is 0.0524 e. The molecule has 0 spiro atoms. The molecule has 0 heterocycles. The van der Waals surface area contributed by atoms with Crippen LogP contribution in [0.25, 0.3) is 0 Å². The molecule has 0 aromatic rings. The third-order valence-corrected chi connectivity index (χ3v) is 2.45. The molecule has 2 nitrogen and oxygen atoms in total. The van der Waals surface area contributed by atoms with Gasteiger partial charge in [-0.15, -0.1) is 0 Å². The van der Waals surface area contributed by atoms with Gasteiger partial charge in [0.2, 0.25) is 0 Å². The number of nitrogens with one attached hydrogen (secondary N) is 1. The van der Waals surface area contributed by atoms with Crippen LogP contribution in [-0.4, -0.2) is 5.54 Å². The topological polar surface area (TPSA) is 38.0 Å². The van der Waals surface area contributed by atoms with Crippen molar-refractivity contribution in [3.05, 3.63) is 12.2 Å². The highest BCUT2D eigenvalue weighted by molar-refractivity contribution is 5.13. The first-order chi connectivity index (χ1) is 5.63. The van der Waals surface area contributed by atoms with E-state index >= 15 is 0 Å². The third-order valence-electron chi connectivity index (χ3n) is 2.45. The van der Waals surface area contributed by atoms with E-state index in [0.29, 0.717) is 0 Å². The summed E-state index contributed by atoms with van der Waals surface area (Å²) in [6.07, 6.45) is 4.42. The van der Waals surface area contributed by atoms with Crippen LogP contribution >= 0.6 is 0 Å². The minimum absolute atomic E-state index is 0.0243. The Morgan fingerprint density at radius 3 is 1.92 bits per heavy atom. The van der Waals surface area contributed by atoms with E-state index in [1.807, 2.05) is 6.92 Å². The highest BCUT2D eigenvalue weighted by atomic mass is 15.3. The van der Waals surface area contributed by atoms with Gasteiger partial charge in [-0.2, -0.15) is 0 Å². The van der Waals surface area contributed by atoms with E-state index in [0.717, 1.165) is 31.3 Å². The summed E-state index contributed by atoms with van der Waals surface area (Å²) in [4.78, 5) is 0. The smallest absolute Gasteiger partial charge is 0.0524 e. The molecule has 2 heteroatoms. The van der Waals surface area contributed by atoms with Crippen LogP contribution in [0.2, 0.25) is 0 Å². The quantitative estimate of drug-likeness (QED) is 0.365. The lowest BCUT2D eigenvalue weighted by Gasteiger charge is -2.33. The van der Waals surface area contributed by atoms with Crippen molar-refractivity contribution < 1.29 is 0 Å². The molecule has 0 saturated carbocycles. The highest BCUT2D eigenvalue weighted by Crippen LogP contribution is 2.25. The predicted octanol–water partition coefficient (Wildman–Crippen LogP) is 2.36. The molecule has 0 fully saturated rings. The van der Waals surface area contributed by atoms with E-state index in [-0.39, 0.29) is 5.54 Å². The minimum atomic E-state index is -0.0243. The summed E-state index contributed by atoms with van der Waals surface area (Å²) in [6.45, 7) is 10.4. The zero-order chi connectivity index (χ0) is 9.61. The van der Waals surface area contributed by atoms with E-state index in [4.69, 9.17) is 5.84 Å². The van der Waals surface area contributed by atoms with Gasteiger partial charge >= 0.3 is 0 Å². The summed E-state index contributed by atoms with van der Waals surface area (Å²) < 4.78 is 0. The van der Waals surface area contributed by atoms with Crippen molar-refractivity contribution in [2.75, 3.05) is 0 Å². The van der Waals surface area contributed by atoms with Gasteiger partial charge in [0, 0.05) is 0 Å². The summed E-state index contributed by atoms with van der Waals surface area (Å²) in [6, 6.07) is 0. The molecule has 0 saturated heterocycles. The predicted molar refractivity (Wildman–Crippen MR) is 54.7 cm³/mol. The maximum atomic E-state index is 5.57. The molecule has 72 valence electrons. The van der Waals surface area contributed by atoms with Crippen LogP contribution < -0.4 is 11.3 Å². The first kappa shape index (κ1) is 11.7. The Labute approximate surface area is 76.2 Å². The molecule has 0 aromatic heterocycles. The standard InChI is InChI=1S/C10H22N2/c1-5-7-10(12-11,8-6-2)9(3)4/h12H,3,5-8,11H2,1-2,4H3. The highest BCUT2D eigenvalue weighted by Gasteiger charge is 2.27. The van der Waals surface area contributed by atoms with Gasteiger partial charge in [0.05, 0.1) is 5.54 Å². The first-order valence-corrected chi connectivity index (χ1v) is 4.76. The van der Waals surface area contributed by atoms with Crippen molar-refractivity contribution in [3.63, 3.8) is 0 Å². The van der Waals surface area contributed by atoms with Crippen molar-refractivity contribution in [3.8, 4) is 0 Å². The lowest BCUT2D eigenvalue weighted by atomic mass is 9.83. The van der Waals surface area contributed by atoms with Crippen molar-refractivity contribution >= 4 is 0 Å². The minimum Gasteiger partial charge on any atom is -0.271 e. The Bertz CT molecular complexity index is 135. The fourth-order valence-electron chi connectivity index (χ4n) is 1.67. The monoisotopic (exact) mass is 170 g/mol. The number of hydrazine groups is 1. The fraction of sp³-hybridized carbons (Fsp3) is 0.800. The van der Waals surface area contributed by atoms with Gasteiger partial charge in [0.1, 0.15) is 0 Å². The molecule has 0 unspecified atom stereocenters. The molecule has 0 amide bonds. The summed E-state index contributed by atoms with van der Waals surface area (Å²) >= 11 is 0. The molecular formula is C10H22N2. The van der Waals surface area contributed by atoms with Gasteiger partial charge < -0.3 is 0 Å². The van der Waals surface area contributed by atoms with Crippen molar-refractivity contribution in [1.82, 2.24) is 5.43 Å². The molecule has 0 rings (SSSR count). The summed E-state index contributed by atoms with van der Waals surface area (Å²) in [5.41, 5.74) is 4.04. The number of hydrogen-bond acceptors (Lipinski definition) is 2. The van der Waals surface area contributed by atoms with Crippen LogP contribution in [0.1, 0.15) is 46.5 Å². The van der Waals surface area contributed by atoms with E-state index < -0.39 is 0 Å². The molecule has 0 atom stereocenters. The number of hydrogen-bond donors (Lipinski definition) is 2. The van der Waals surface area contributed by atoms with E-state index in [1.54, 1.807) is 0 Å². The Hall–Kier alpha value is -0.340. The summed E-state index contributed by atoms with van der Waals surface area (Å²) in [5.74, 6) is 5.57. The Kier molecular flexibility index (Phi) is 5.18. The normalized spacial score (nSPS) is 11.7. The molecule has 3 N–H and O–H groups in total. The Balaban J connectivity index is 4.39. The number of rotatable bonds is 6.